The van der Waals surface area contributed by atoms with Crippen molar-refractivity contribution in [2.75, 3.05) is 16.0 Å². The lowest BCUT2D eigenvalue weighted by molar-refractivity contribution is -0.115. The molecular formula is C23H18F2N2O2S. The van der Waals surface area contributed by atoms with E-state index in [4.69, 9.17) is 0 Å². The number of carbonyl (C=O) groups is 2. The molecule has 30 heavy (non-hydrogen) atoms. The number of thioether (sulfide) groups is 1. The van der Waals surface area contributed by atoms with Gasteiger partial charge in [0.05, 0.1) is 11.4 Å². The summed E-state index contributed by atoms with van der Waals surface area (Å²) < 4.78 is 27.8. The highest BCUT2D eigenvalue weighted by atomic mass is 32.2. The van der Waals surface area contributed by atoms with Crippen LogP contribution in [-0.2, 0) is 4.79 Å². The molecule has 1 aliphatic heterocycles. The Kier molecular flexibility index (Phi) is 5.55. The third-order valence-corrected chi connectivity index (χ3v) is 6.02. The van der Waals surface area contributed by atoms with E-state index in [1.807, 2.05) is 19.1 Å². The van der Waals surface area contributed by atoms with Gasteiger partial charge < -0.3 is 5.32 Å². The minimum atomic E-state index is -0.808. The van der Waals surface area contributed by atoms with Crippen molar-refractivity contribution in [3.8, 4) is 0 Å². The quantitative estimate of drug-likeness (QED) is 0.618. The molecule has 3 aromatic rings. The number of nitrogens with one attached hydrogen (secondary N) is 1. The third kappa shape index (κ3) is 3.93. The predicted octanol–water partition coefficient (Wildman–Crippen LogP) is 5.30. The van der Waals surface area contributed by atoms with Gasteiger partial charge in [0.2, 0.25) is 5.91 Å². The van der Waals surface area contributed by atoms with E-state index in [1.54, 1.807) is 36.4 Å². The summed E-state index contributed by atoms with van der Waals surface area (Å²) >= 11 is 1.32. The third-order valence-electron chi connectivity index (χ3n) is 4.83. The summed E-state index contributed by atoms with van der Waals surface area (Å²) in [5, 5.41) is 2.34. The van der Waals surface area contributed by atoms with Crippen LogP contribution in [0.3, 0.4) is 0 Å². The lowest BCUT2D eigenvalue weighted by Crippen LogP contribution is -2.29. The molecule has 4 nitrogen and oxygen atoms in total. The standard InChI is InChI=1S/C23H18F2N2O2S/c1-14-6-8-15(9-7-14)22(29)26-19-5-3-2-4-17(19)23-27(21(28)13-30-23)20-11-10-16(24)12-18(20)25/h2-12,23H,13H2,1H3,(H,26,29)/t23-/m0/s1. The van der Waals surface area contributed by atoms with Crippen molar-refractivity contribution >= 4 is 35.0 Å². The summed E-state index contributed by atoms with van der Waals surface area (Å²) in [6.45, 7) is 1.94. The Hall–Kier alpha value is -3.19. The minimum Gasteiger partial charge on any atom is -0.322 e. The van der Waals surface area contributed by atoms with Crippen LogP contribution in [0.4, 0.5) is 20.2 Å². The Morgan fingerprint density at radius 3 is 2.53 bits per heavy atom. The SMILES string of the molecule is Cc1ccc(C(=O)Nc2ccccc2[C@@H]2SCC(=O)N2c2ccc(F)cc2F)cc1. The molecule has 1 saturated heterocycles. The zero-order valence-corrected chi connectivity index (χ0v) is 16.9. The van der Waals surface area contributed by atoms with Gasteiger partial charge in [-0.15, -0.1) is 11.8 Å². The van der Waals surface area contributed by atoms with Gasteiger partial charge in [0.25, 0.3) is 5.91 Å². The van der Waals surface area contributed by atoms with Crippen molar-refractivity contribution < 1.29 is 18.4 Å². The summed E-state index contributed by atoms with van der Waals surface area (Å²) in [6.07, 6.45) is 0. The van der Waals surface area contributed by atoms with Crippen LogP contribution in [0.2, 0.25) is 0 Å². The highest BCUT2D eigenvalue weighted by molar-refractivity contribution is 8.00. The van der Waals surface area contributed by atoms with Crippen LogP contribution in [0.15, 0.2) is 66.7 Å². The van der Waals surface area contributed by atoms with Crippen molar-refractivity contribution in [2.24, 2.45) is 0 Å². The molecule has 0 aliphatic carbocycles. The number of amides is 2. The summed E-state index contributed by atoms with van der Waals surface area (Å²) in [5.74, 6) is -1.93. The van der Waals surface area contributed by atoms with Gasteiger partial charge in [-0.05, 0) is 37.3 Å². The fourth-order valence-electron chi connectivity index (χ4n) is 3.32. The van der Waals surface area contributed by atoms with Crippen LogP contribution in [0.1, 0.15) is 26.9 Å². The highest BCUT2D eigenvalue weighted by Gasteiger charge is 2.36. The Bertz CT molecular complexity index is 1120. The molecule has 7 heteroatoms. The van der Waals surface area contributed by atoms with Gasteiger partial charge in [0, 0.05) is 22.9 Å². The molecule has 1 N–H and O–H groups in total. The topological polar surface area (TPSA) is 49.4 Å². The molecule has 152 valence electrons. The average Bonchev–Trinajstić information content (AvgIpc) is 3.10. The average molecular weight is 424 g/mol. The first-order valence-electron chi connectivity index (χ1n) is 9.29. The maximum atomic E-state index is 14.4. The maximum Gasteiger partial charge on any atom is 0.255 e. The van der Waals surface area contributed by atoms with Gasteiger partial charge in [-0.3, -0.25) is 14.5 Å². The molecule has 0 bridgehead atoms. The van der Waals surface area contributed by atoms with Crippen LogP contribution in [0, 0.1) is 18.6 Å². The molecule has 4 rings (SSSR count). The van der Waals surface area contributed by atoms with E-state index in [9.17, 15) is 18.4 Å². The molecular weight excluding hydrogens is 406 g/mol. The van der Waals surface area contributed by atoms with Gasteiger partial charge in [-0.1, -0.05) is 35.9 Å². The van der Waals surface area contributed by atoms with Crippen LogP contribution >= 0.6 is 11.8 Å². The number of halogens is 2. The van der Waals surface area contributed by atoms with Gasteiger partial charge in [0.1, 0.15) is 17.0 Å². The van der Waals surface area contributed by atoms with E-state index < -0.39 is 17.0 Å². The van der Waals surface area contributed by atoms with E-state index in [-0.39, 0.29) is 23.3 Å². The first-order valence-corrected chi connectivity index (χ1v) is 10.3. The minimum absolute atomic E-state index is 0.0102. The molecule has 0 saturated carbocycles. The number of carbonyl (C=O) groups excluding carboxylic acids is 2. The first kappa shape index (κ1) is 20.1. The molecule has 2 amide bonds. The smallest absolute Gasteiger partial charge is 0.255 e. The second-order valence-corrected chi connectivity index (χ2v) is 8.00. The first-order chi connectivity index (χ1) is 14.4. The van der Waals surface area contributed by atoms with Gasteiger partial charge >= 0.3 is 0 Å². The predicted molar refractivity (Wildman–Crippen MR) is 115 cm³/mol. The number of para-hydroxylation sites is 1. The number of nitrogens with zero attached hydrogens (tertiary/aromatic N) is 1. The van der Waals surface area contributed by atoms with E-state index in [0.29, 0.717) is 16.8 Å². The number of benzene rings is 3. The van der Waals surface area contributed by atoms with E-state index >= 15 is 0 Å². The second-order valence-electron chi connectivity index (χ2n) is 6.93. The van der Waals surface area contributed by atoms with Crippen molar-refractivity contribution in [1.29, 1.82) is 0 Å². The molecule has 3 aromatic carbocycles. The molecule has 0 aromatic heterocycles. The number of aryl methyl sites for hydroxylation is 1. The molecule has 0 spiro atoms. The van der Waals surface area contributed by atoms with Crippen molar-refractivity contribution in [2.45, 2.75) is 12.3 Å². The maximum absolute atomic E-state index is 14.4. The molecule has 1 aliphatic rings. The monoisotopic (exact) mass is 424 g/mol. The lowest BCUT2D eigenvalue weighted by Gasteiger charge is -2.26. The zero-order chi connectivity index (χ0) is 21.3. The van der Waals surface area contributed by atoms with E-state index in [2.05, 4.69) is 5.32 Å². The lowest BCUT2D eigenvalue weighted by atomic mass is 10.1. The largest absolute Gasteiger partial charge is 0.322 e. The summed E-state index contributed by atoms with van der Waals surface area (Å²) in [6, 6.07) is 17.4. The molecule has 1 heterocycles. The molecule has 1 atom stereocenters. The number of rotatable bonds is 4. The van der Waals surface area contributed by atoms with E-state index in [0.717, 1.165) is 17.7 Å². The Balaban J connectivity index is 1.67. The second kappa shape index (κ2) is 8.28. The molecule has 1 fully saturated rings. The fourth-order valence-corrected chi connectivity index (χ4v) is 4.52. The van der Waals surface area contributed by atoms with Crippen molar-refractivity contribution in [3.05, 3.63) is 95.1 Å². The van der Waals surface area contributed by atoms with Crippen LogP contribution in [0.5, 0.6) is 0 Å². The van der Waals surface area contributed by atoms with Gasteiger partial charge in [0.15, 0.2) is 0 Å². The number of hydrogen-bond donors (Lipinski definition) is 1. The number of anilines is 2. The van der Waals surface area contributed by atoms with E-state index in [1.165, 1.54) is 22.7 Å². The van der Waals surface area contributed by atoms with Crippen LogP contribution in [0.25, 0.3) is 0 Å². The fraction of sp³-hybridized carbons (Fsp3) is 0.130. The summed E-state index contributed by atoms with van der Waals surface area (Å²) in [4.78, 5) is 26.6. The molecule has 0 radical (unpaired) electrons. The van der Waals surface area contributed by atoms with Gasteiger partial charge in [-0.25, -0.2) is 8.78 Å². The Morgan fingerprint density at radius 1 is 1.07 bits per heavy atom. The Morgan fingerprint density at radius 2 is 1.80 bits per heavy atom. The van der Waals surface area contributed by atoms with Crippen molar-refractivity contribution in [3.63, 3.8) is 0 Å². The highest BCUT2D eigenvalue weighted by Crippen LogP contribution is 2.44. The van der Waals surface area contributed by atoms with Crippen LogP contribution < -0.4 is 10.2 Å². The number of hydrogen-bond acceptors (Lipinski definition) is 3. The summed E-state index contributed by atoms with van der Waals surface area (Å²) in [5.41, 5.74) is 2.76. The van der Waals surface area contributed by atoms with Crippen molar-refractivity contribution in [1.82, 2.24) is 0 Å². The van der Waals surface area contributed by atoms with Crippen LogP contribution in [-0.4, -0.2) is 17.6 Å². The summed E-state index contributed by atoms with van der Waals surface area (Å²) in [7, 11) is 0. The van der Waals surface area contributed by atoms with Gasteiger partial charge in [-0.2, -0.15) is 0 Å². The molecule has 0 unspecified atom stereocenters. The normalized spacial score (nSPS) is 16.0. The zero-order valence-electron chi connectivity index (χ0n) is 16.1. The Labute approximate surface area is 176 Å².